The fourth-order valence-corrected chi connectivity index (χ4v) is 2.63. The summed E-state index contributed by atoms with van der Waals surface area (Å²) in [4.78, 5) is 22.2. The number of pyridine rings is 1. The zero-order valence-electron chi connectivity index (χ0n) is 11.4. The lowest BCUT2D eigenvalue weighted by molar-refractivity contribution is 0.0593. The maximum absolute atomic E-state index is 12.2. The van der Waals surface area contributed by atoms with Crippen molar-refractivity contribution in [3.63, 3.8) is 0 Å². The molecule has 1 fully saturated rings. The molecule has 3 aromatic rings. The molecule has 0 bridgehead atoms. The summed E-state index contributed by atoms with van der Waals surface area (Å²) in [7, 11) is 0. The number of rotatable bonds is 2. The van der Waals surface area contributed by atoms with Crippen molar-refractivity contribution in [2.45, 2.75) is 12.8 Å². The van der Waals surface area contributed by atoms with Gasteiger partial charge in [-0.15, -0.1) is 0 Å². The molecule has 0 atom stereocenters. The predicted molar refractivity (Wildman–Crippen MR) is 73.8 cm³/mol. The Morgan fingerprint density at radius 1 is 1.48 bits per heavy atom. The lowest BCUT2D eigenvalue weighted by atomic mass is 9.94. The van der Waals surface area contributed by atoms with E-state index in [9.17, 15) is 4.79 Å². The van der Waals surface area contributed by atoms with Gasteiger partial charge in [0.2, 0.25) is 0 Å². The van der Waals surface area contributed by atoms with Crippen molar-refractivity contribution >= 4 is 16.9 Å². The fraction of sp³-hybridized carbons (Fsp3) is 0.286. The average Bonchev–Trinajstić information content (AvgIpc) is 3.04. The first-order valence-corrected chi connectivity index (χ1v) is 6.73. The second kappa shape index (κ2) is 4.41. The zero-order chi connectivity index (χ0) is 14.4. The third-order valence-electron chi connectivity index (χ3n) is 3.77. The molecule has 0 aromatic carbocycles. The SMILES string of the molecule is Cc1nc(C(=O)N2CC(c3[nH]nc4ncccc34)C2)co1. The summed E-state index contributed by atoms with van der Waals surface area (Å²) in [5.41, 5.74) is 2.12. The van der Waals surface area contributed by atoms with Crippen molar-refractivity contribution in [2.75, 3.05) is 13.1 Å². The number of H-pyrrole nitrogens is 1. The number of oxazole rings is 1. The van der Waals surface area contributed by atoms with Crippen LogP contribution in [0.25, 0.3) is 11.0 Å². The molecule has 1 aliphatic rings. The van der Waals surface area contributed by atoms with Gasteiger partial charge in [-0.25, -0.2) is 9.97 Å². The standard InChI is InChI=1S/C14H13N5O2/c1-8-16-11(7-21-8)14(20)19-5-9(6-19)12-10-3-2-4-15-13(10)18-17-12/h2-4,7,9H,5-6H2,1H3,(H,15,17,18). The summed E-state index contributed by atoms with van der Waals surface area (Å²) >= 11 is 0. The summed E-state index contributed by atoms with van der Waals surface area (Å²) in [6.07, 6.45) is 3.12. The number of likely N-dealkylation sites (tertiary alicyclic amines) is 1. The molecule has 3 aromatic heterocycles. The van der Waals surface area contributed by atoms with Crippen molar-refractivity contribution in [3.8, 4) is 0 Å². The third-order valence-corrected chi connectivity index (χ3v) is 3.77. The minimum absolute atomic E-state index is 0.0926. The van der Waals surface area contributed by atoms with Crippen LogP contribution in [0.1, 0.15) is 28.0 Å². The van der Waals surface area contributed by atoms with Crippen LogP contribution in [-0.4, -0.2) is 44.1 Å². The van der Waals surface area contributed by atoms with Gasteiger partial charge in [-0.2, -0.15) is 5.10 Å². The third kappa shape index (κ3) is 1.89. The monoisotopic (exact) mass is 283 g/mol. The highest BCUT2D eigenvalue weighted by Crippen LogP contribution is 2.30. The summed E-state index contributed by atoms with van der Waals surface area (Å²) in [5, 5.41) is 8.24. The average molecular weight is 283 g/mol. The summed E-state index contributed by atoms with van der Waals surface area (Å²) in [6.45, 7) is 3.02. The van der Waals surface area contributed by atoms with Crippen LogP contribution >= 0.6 is 0 Å². The number of hydrogen-bond acceptors (Lipinski definition) is 5. The first-order valence-electron chi connectivity index (χ1n) is 6.73. The molecule has 0 spiro atoms. The van der Waals surface area contributed by atoms with Crippen molar-refractivity contribution in [1.29, 1.82) is 0 Å². The molecule has 1 N–H and O–H groups in total. The normalized spacial score (nSPS) is 15.4. The van der Waals surface area contributed by atoms with Crippen molar-refractivity contribution < 1.29 is 9.21 Å². The van der Waals surface area contributed by atoms with Gasteiger partial charge >= 0.3 is 0 Å². The van der Waals surface area contributed by atoms with E-state index in [4.69, 9.17) is 4.42 Å². The largest absolute Gasteiger partial charge is 0.448 e. The Labute approximate surface area is 120 Å². The van der Waals surface area contributed by atoms with Gasteiger partial charge in [0.15, 0.2) is 17.2 Å². The molecule has 1 aliphatic heterocycles. The molecule has 21 heavy (non-hydrogen) atoms. The van der Waals surface area contributed by atoms with Crippen LogP contribution in [0, 0.1) is 6.92 Å². The van der Waals surface area contributed by atoms with Crippen LogP contribution in [0.2, 0.25) is 0 Å². The van der Waals surface area contributed by atoms with E-state index >= 15 is 0 Å². The topological polar surface area (TPSA) is 87.9 Å². The summed E-state index contributed by atoms with van der Waals surface area (Å²) < 4.78 is 5.08. The molecule has 0 unspecified atom stereocenters. The maximum atomic E-state index is 12.2. The molecular weight excluding hydrogens is 270 g/mol. The first-order chi connectivity index (χ1) is 10.2. The fourth-order valence-electron chi connectivity index (χ4n) is 2.63. The summed E-state index contributed by atoms with van der Waals surface area (Å²) in [5.74, 6) is 0.669. The van der Waals surface area contributed by atoms with E-state index in [-0.39, 0.29) is 11.8 Å². The Morgan fingerprint density at radius 2 is 2.33 bits per heavy atom. The number of carbonyl (C=O) groups excluding carboxylic acids is 1. The smallest absolute Gasteiger partial charge is 0.275 e. The minimum atomic E-state index is -0.0926. The van der Waals surface area contributed by atoms with Gasteiger partial charge in [-0.3, -0.25) is 9.89 Å². The van der Waals surface area contributed by atoms with Gasteiger partial charge in [-0.1, -0.05) is 0 Å². The Bertz CT molecular complexity index is 816. The van der Waals surface area contributed by atoms with Gasteiger partial charge in [0.1, 0.15) is 6.26 Å². The molecule has 0 saturated carbocycles. The van der Waals surface area contributed by atoms with E-state index in [0.717, 1.165) is 11.1 Å². The molecule has 7 nitrogen and oxygen atoms in total. The quantitative estimate of drug-likeness (QED) is 0.770. The highest BCUT2D eigenvalue weighted by Gasteiger charge is 2.35. The number of fused-ring (bicyclic) bond motifs is 1. The number of nitrogens with zero attached hydrogens (tertiary/aromatic N) is 4. The van der Waals surface area contributed by atoms with Crippen LogP contribution in [0.5, 0.6) is 0 Å². The van der Waals surface area contributed by atoms with E-state index < -0.39 is 0 Å². The van der Waals surface area contributed by atoms with Gasteiger partial charge in [-0.05, 0) is 12.1 Å². The summed E-state index contributed by atoms with van der Waals surface area (Å²) in [6, 6.07) is 3.88. The number of amides is 1. The number of aromatic amines is 1. The highest BCUT2D eigenvalue weighted by atomic mass is 16.3. The van der Waals surface area contributed by atoms with E-state index in [2.05, 4.69) is 20.2 Å². The van der Waals surface area contributed by atoms with Gasteiger partial charge < -0.3 is 9.32 Å². The van der Waals surface area contributed by atoms with Crippen molar-refractivity contribution in [2.24, 2.45) is 0 Å². The van der Waals surface area contributed by atoms with Crippen LogP contribution in [0.15, 0.2) is 29.0 Å². The van der Waals surface area contributed by atoms with E-state index in [1.54, 1.807) is 18.0 Å². The molecule has 1 saturated heterocycles. The highest BCUT2D eigenvalue weighted by molar-refractivity contribution is 5.93. The molecule has 0 radical (unpaired) electrons. The number of hydrogen-bond donors (Lipinski definition) is 1. The molecule has 0 aliphatic carbocycles. The Morgan fingerprint density at radius 3 is 3.10 bits per heavy atom. The maximum Gasteiger partial charge on any atom is 0.275 e. The number of nitrogens with one attached hydrogen (secondary N) is 1. The van der Waals surface area contributed by atoms with E-state index in [1.807, 2.05) is 12.1 Å². The Kier molecular flexibility index (Phi) is 2.53. The molecule has 106 valence electrons. The number of aryl methyl sites for hydroxylation is 1. The predicted octanol–water partition coefficient (Wildman–Crippen LogP) is 1.49. The van der Waals surface area contributed by atoms with Gasteiger partial charge in [0.25, 0.3) is 5.91 Å². The molecule has 4 rings (SSSR count). The van der Waals surface area contributed by atoms with Gasteiger partial charge in [0.05, 0.1) is 5.69 Å². The Balaban J connectivity index is 1.51. The second-order valence-corrected chi connectivity index (χ2v) is 5.17. The van der Waals surface area contributed by atoms with E-state index in [0.29, 0.717) is 30.3 Å². The molecule has 1 amide bonds. The van der Waals surface area contributed by atoms with Crippen molar-refractivity contribution in [3.05, 3.63) is 41.9 Å². The lowest BCUT2D eigenvalue weighted by Crippen LogP contribution is -2.48. The van der Waals surface area contributed by atoms with Crippen LogP contribution in [0.3, 0.4) is 0 Å². The number of aromatic nitrogens is 4. The van der Waals surface area contributed by atoms with E-state index in [1.165, 1.54) is 6.26 Å². The zero-order valence-corrected chi connectivity index (χ0v) is 11.4. The Hall–Kier alpha value is -2.70. The minimum Gasteiger partial charge on any atom is -0.448 e. The molecule has 7 heteroatoms. The molecular formula is C14H13N5O2. The molecule has 4 heterocycles. The van der Waals surface area contributed by atoms with Crippen LogP contribution in [-0.2, 0) is 0 Å². The van der Waals surface area contributed by atoms with Gasteiger partial charge in [0, 0.05) is 37.5 Å². The van der Waals surface area contributed by atoms with Crippen LogP contribution in [0.4, 0.5) is 0 Å². The second-order valence-electron chi connectivity index (χ2n) is 5.17. The van der Waals surface area contributed by atoms with Crippen LogP contribution < -0.4 is 0 Å². The first kappa shape index (κ1) is 12.1. The lowest BCUT2D eigenvalue weighted by Gasteiger charge is -2.38. The number of carbonyl (C=O) groups is 1. The van der Waals surface area contributed by atoms with Crippen molar-refractivity contribution in [1.82, 2.24) is 25.1 Å².